The Bertz CT molecular complexity index is 5410. The van der Waals surface area contributed by atoms with Crippen LogP contribution in [-0.4, -0.2) is 210 Å². The summed E-state index contributed by atoms with van der Waals surface area (Å²) in [6.45, 7) is 22.6. The number of hydrogen-bond donors (Lipinski definition) is 6. The van der Waals surface area contributed by atoms with E-state index in [4.69, 9.17) is 42.4 Å². The summed E-state index contributed by atoms with van der Waals surface area (Å²) >= 11 is 12.7. The van der Waals surface area contributed by atoms with Crippen LogP contribution in [0.15, 0.2) is 150 Å². The Morgan fingerprint density at radius 2 is 1.01 bits per heavy atom. The molecule has 115 heavy (non-hydrogen) atoms. The highest BCUT2D eigenvalue weighted by atomic mass is 35.5. The van der Waals surface area contributed by atoms with Gasteiger partial charge in [0.15, 0.2) is 31.3 Å². The van der Waals surface area contributed by atoms with Crippen LogP contribution in [-0.2, 0) is 33.4 Å². The van der Waals surface area contributed by atoms with Gasteiger partial charge in [0.2, 0.25) is 17.8 Å². The van der Waals surface area contributed by atoms with Gasteiger partial charge in [0.25, 0.3) is 5.91 Å². The fraction of sp³-hybridized carbons (Fsp3) is 0.388. The number of benzene rings is 6. The minimum atomic E-state index is -3.56. The average Bonchev–Trinajstić information content (AvgIpc) is 1.76. The van der Waals surface area contributed by atoms with Crippen LogP contribution < -0.4 is 61.6 Å². The topological polar surface area (TPSA) is 327 Å². The van der Waals surface area contributed by atoms with Crippen LogP contribution in [0.5, 0.6) is 17.2 Å². The van der Waals surface area contributed by atoms with Crippen molar-refractivity contribution in [1.29, 1.82) is 0 Å². The second kappa shape index (κ2) is 37.1. The summed E-state index contributed by atoms with van der Waals surface area (Å²) in [5, 5.41) is 19.3. The fourth-order valence-electron chi connectivity index (χ4n) is 13.2. The molecule has 27 nitrogen and oxygen atoms in total. The molecule has 0 radical (unpaired) electrons. The monoisotopic (exact) mass is 1710 g/mol. The van der Waals surface area contributed by atoms with Gasteiger partial charge in [0.1, 0.15) is 53.2 Å². The summed E-state index contributed by atoms with van der Waals surface area (Å²) in [6, 6.07) is 34.6. The van der Waals surface area contributed by atoms with Crippen LogP contribution in [0.3, 0.4) is 0 Å². The Hall–Kier alpha value is -8.95. The van der Waals surface area contributed by atoms with E-state index >= 15 is 0 Å². The molecule has 4 aliphatic rings. The lowest BCUT2D eigenvalue weighted by atomic mass is 10.0. The number of methoxy groups -OCH3 is 3. The quantitative estimate of drug-likeness (QED) is 0.0290. The molecule has 0 atom stereocenters. The highest BCUT2D eigenvalue weighted by molar-refractivity contribution is 7.92. The van der Waals surface area contributed by atoms with Crippen LogP contribution in [0.25, 0.3) is 0 Å². The largest absolute Gasteiger partial charge is 0.495 e. The molecular formula is C80H100Cl2FN16O11P3S2. The molecular weight excluding hydrogens is 1610 g/mol. The molecule has 0 unspecified atom stereocenters. The normalized spacial score (nSPS) is 15.7. The van der Waals surface area contributed by atoms with Crippen molar-refractivity contribution >= 4 is 156 Å². The zero-order valence-corrected chi connectivity index (χ0v) is 72.6. The molecule has 35 heteroatoms. The number of halogens is 3. The van der Waals surface area contributed by atoms with E-state index in [1.807, 2.05) is 12.1 Å². The van der Waals surface area contributed by atoms with E-state index in [9.17, 15) is 39.7 Å². The Labute approximate surface area is 683 Å². The first-order valence-electron chi connectivity index (χ1n) is 37.7. The van der Waals surface area contributed by atoms with Gasteiger partial charge in [-0.2, -0.15) is 15.0 Å². The number of carbonyl (C=O) groups excluding carboxylic acids is 1. The first-order chi connectivity index (χ1) is 54.5. The predicted octanol–water partition coefficient (Wildman–Crippen LogP) is 15.8. The summed E-state index contributed by atoms with van der Waals surface area (Å²) < 4.78 is 120. The second-order valence-corrected chi connectivity index (χ2v) is 45.8. The molecule has 3 aliphatic heterocycles. The number of anilines is 13. The number of nitrogens with zero attached hydrogens (tertiary/aromatic N) is 10. The smallest absolute Gasteiger partial charge is 0.254 e. The number of piperazine rings is 1. The van der Waals surface area contributed by atoms with E-state index in [2.05, 4.69) is 84.6 Å². The molecule has 6 N–H and O–H groups in total. The molecule has 614 valence electrons. The molecule has 1 aliphatic carbocycles. The van der Waals surface area contributed by atoms with E-state index in [1.165, 1.54) is 43.8 Å². The first kappa shape index (κ1) is 86.9. The average molecular weight is 1710 g/mol. The lowest BCUT2D eigenvalue weighted by Crippen LogP contribution is -2.52. The third-order valence-electron chi connectivity index (χ3n) is 20.3. The summed E-state index contributed by atoms with van der Waals surface area (Å²) in [5.41, 5.74) is 5.55. The van der Waals surface area contributed by atoms with E-state index in [1.54, 1.807) is 165 Å². The molecule has 1 saturated carbocycles. The van der Waals surface area contributed by atoms with Crippen molar-refractivity contribution in [2.45, 2.75) is 85.6 Å². The molecule has 6 heterocycles. The van der Waals surface area contributed by atoms with E-state index in [-0.39, 0.29) is 49.3 Å². The Morgan fingerprint density at radius 1 is 0.539 bits per heavy atom. The molecule has 0 spiro atoms. The van der Waals surface area contributed by atoms with E-state index in [0.717, 1.165) is 81.5 Å². The molecule has 1 amide bonds. The van der Waals surface area contributed by atoms with Crippen molar-refractivity contribution in [2.75, 3.05) is 163 Å². The van der Waals surface area contributed by atoms with Crippen molar-refractivity contribution in [2.24, 2.45) is 0 Å². The number of nitrogens with one attached hydrogen (secondary N) is 6. The first-order valence-corrected chi connectivity index (χ1v) is 49.3. The maximum atomic E-state index is 14.0. The number of carbonyl (C=O) groups is 1. The summed E-state index contributed by atoms with van der Waals surface area (Å²) in [4.78, 5) is 49.2. The molecule has 4 fully saturated rings. The molecule has 13 rings (SSSR count). The number of likely N-dealkylation sites (N-methyl/N-ethyl adjacent to an activating group) is 1. The third-order valence-corrected chi connectivity index (χ3v) is 30.6. The Morgan fingerprint density at radius 3 is 1.51 bits per heavy atom. The number of ether oxygens (including phenoxy) is 3. The van der Waals surface area contributed by atoms with Crippen LogP contribution in [0.4, 0.5) is 79.5 Å². The molecule has 9 aromatic rings. The van der Waals surface area contributed by atoms with Crippen molar-refractivity contribution in [3.63, 3.8) is 0 Å². The maximum Gasteiger partial charge on any atom is 0.254 e. The number of aromatic nitrogens is 6. The SMILES string of the molecule is COc1cc(C(=O)N2CCP(C)(=O)CC2)ccc1Nc1ncc(Cl)c(Nc2ccccc2S(=O)(=O)C(C)C)n1.COc1cc(N2CCC(N3CCN(C)CC3)CC2)ccc1Nc1ncc(Cl)c(Nc2cc(F)ccc2P(C)(C)=O)n1.COc1cc(P(C)(C)=O)ccc1Nc1ncc(C2CC2)c(Nc2ccccc2S(=O)(=O)C(C)C)n1. The van der Waals surface area contributed by atoms with Gasteiger partial charge < -0.3 is 74.5 Å². The molecule has 3 aromatic heterocycles. The lowest BCUT2D eigenvalue weighted by Gasteiger charge is -2.42. The number of hydrogen-bond acceptors (Lipinski definition) is 26. The molecule has 0 bridgehead atoms. The lowest BCUT2D eigenvalue weighted by molar-refractivity contribution is 0.0769. The van der Waals surface area contributed by atoms with Gasteiger partial charge in [-0.3, -0.25) is 9.69 Å². The van der Waals surface area contributed by atoms with Gasteiger partial charge in [-0.15, -0.1) is 0 Å². The number of amides is 1. The summed E-state index contributed by atoms with van der Waals surface area (Å²) in [6.07, 6.45) is 10.1. The standard InChI is InChI=1S/C29H38ClFN7O2P.C26H31ClN5O5PS.C25H31N4O4PS/c1-36-13-15-38(16-14-36)21-9-11-37(12-10-21)22-6-7-24(26(18-22)40-2)34-29-32-19-23(30)28(35-29)33-25-17-20(31)5-8-27(25)41(3,4)39;1-17(2)39(35,36)23-8-6-5-7-21(23)29-24-19(27)16-28-26(31-24)30-20-10-9-18(15-22(20)37-3)25(33)32-11-13-38(4,34)14-12-32;1-16(2)35(31,32)23-9-7-6-8-21(23)27-24-19(17-10-11-17)15-26-25(29-24)28-20-13-12-18(34(4,5)30)14-22(20)33-3/h5-8,17-19,21H,9-16H2,1-4H3,(H2,32,33,34,35);5-10,15-17H,11-14H2,1-4H3,(H2,28,29,30,31);6-9,12-17H,10-11H2,1-5H3,(H2,26,27,28,29). The van der Waals surface area contributed by atoms with E-state index in [0.29, 0.717) is 111 Å². The van der Waals surface area contributed by atoms with Crippen LogP contribution >= 0.6 is 44.6 Å². The van der Waals surface area contributed by atoms with Gasteiger partial charge in [0.05, 0.1) is 95.3 Å². The van der Waals surface area contributed by atoms with Crippen LogP contribution in [0.2, 0.25) is 10.0 Å². The number of rotatable bonds is 25. The summed E-state index contributed by atoms with van der Waals surface area (Å²) in [7, 11) is -7.46. The highest BCUT2D eigenvalue weighted by Gasteiger charge is 2.33. The van der Waals surface area contributed by atoms with Gasteiger partial charge >= 0.3 is 0 Å². The molecule has 6 aromatic carbocycles. The summed E-state index contributed by atoms with van der Waals surface area (Å²) in [5.74, 6) is 3.19. The minimum Gasteiger partial charge on any atom is -0.495 e. The van der Waals surface area contributed by atoms with Crippen molar-refractivity contribution in [3.05, 3.63) is 167 Å². The van der Waals surface area contributed by atoms with Crippen molar-refractivity contribution < 1.29 is 53.9 Å². The minimum absolute atomic E-state index is 0.140. The van der Waals surface area contributed by atoms with Crippen molar-refractivity contribution in [3.8, 4) is 17.2 Å². The Kier molecular flexibility index (Phi) is 28.0. The fourth-order valence-corrected chi connectivity index (χ4v) is 19.4. The van der Waals surface area contributed by atoms with Gasteiger partial charge in [-0.1, -0.05) is 47.5 Å². The highest BCUT2D eigenvalue weighted by Crippen LogP contribution is 2.47. The maximum absolute atomic E-state index is 14.0. The van der Waals surface area contributed by atoms with Gasteiger partial charge in [-0.25, -0.2) is 36.2 Å². The Balaban J connectivity index is 0.000000170. The number of para-hydroxylation sites is 2. The predicted molar refractivity (Wildman–Crippen MR) is 462 cm³/mol. The second-order valence-electron chi connectivity index (χ2n) is 30.1. The van der Waals surface area contributed by atoms with E-state index < -0.39 is 57.4 Å². The van der Waals surface area contributed by atoms with Crippen LogP contribution in [0, 0.1) is 5.82 Å². The zero-order chi connectivity index (χ0) is 82.9. The molecule has 3 saturated heterocycles. The van der Waals surface area contributed by atoms with Gasteiger partial charge in [0, 0.05) is 110 Å². The zero-order valence-electron chi connectivity index (χ0n) is 66.7. The third kappa shape index (κ3) is 22.0. The van der Waals surface area contributed by atoms with Crippen molar-refractivity contribution in [1.82, 2.24) is 44.6 Å². The van der Waals surface area contributed by atoms with Gasteiger partial charge in [-0.05, 0) is 191 Å². The number of sulfone groups is 2. The van der Waals surface area contributed by atoms with Crippen LogP contribution in [0.1, 0.15) is 75.2 Å². The number of piperidine rings is 1.